The van der Waals surface area contributed by atoms with E-state index >= 15 is 0 Å². The molecule has 0 bridgehead atoms. The Hall–Kier alpha value is -4.23. The van der Waals surface area contributed by atoms with Crippen LogP contribution in [0.3, 0.4) is 0 Å². The molecule has 1 amide bonds. The number of hydrogen-bond donors (Lipinski definition) is 0. The number of carbonyl (C=O) groups excluding carboxylic acids is 2. The van der Waals surface area contributed by atoms with Gasteiger partial charge in [-0.1, -0.05) is 59.9 Å². The van der Waals surface area contributed by atoms with E-state index < -0.39 is 5.91 Å². The third kappa shape index (κ3) is 4.85. The van der Waals surface area contributed by atoms with Crippen LogP contribution < -0.4 is 9.54 Å². The number of nitrogens with zero attached hydrogens (tertiary/aromatic N) is 2. The van der Waals surface area contributed by atoms with E-state index in [2.05, 4.69) is 4.99 Å². The van der Waals surface area contributed by atoms with Crippen LogP contribution in [-0.4, -0.2) is 23.1 Å². The number of thiazole rings is 1. The number of rotatable bonds is 6. The Morgan fingerprint density at radius 1 is 0.857 bits per heavy atom. The Morgan fingerprint density at radius 2 is 1.57 bits per heavy atom. The van der Waals surface area contributed by atoms with Crippen LogP contribution in [-0.2, 0) is 16.1 Å². The molecule has 0 aliphatic rings. The van der Waals surface area contributed by atoms with Gasteiger partial charge in [0.25, 0.3) is 5.91 Å². The van der Waals surface area contributed by atoms with Gasteiger partial charge >= 0.3 is 5.97 Å². The summed E-state index contributed by atoms with van der Waals surface area (Å²) in [7, 11) is 0. The van der Waals surface area contributed by atoms with Crippen molar-refractivity contribution in [2.45, 2.75) is 13.5 Å². The van der Waals surface area contributed by atoms with Crippen molar-refractivity contribution < 1.29 is 19.1 Å². The van der Waals surface area contributed by atoms with Crippen LogP contribution in [0.25, 0.3) is 21.0 Å². The fraction of sp³-hybridized carbons (Fsp3) is 0.107. The van der Waals surface area contributed by atoms with Crippen LogP contribution in [0.2, 0.25) is 0 Å². The average molecular weight is 483 g/mol. The maximum Gasteiger partial charge on any atom is 0.326 e. The average Bonchev–Trinajstić information content (AvgIpc) is 3.22. The lowest BCUT2D eigenvalue weighted by Crippen LogP contribution is -2.23. The van der Waals surface area contributed by atoms with E-state index in [-0.39, 0.29) is 19.1 Å². The van der Waals surface area contributed by atoms with Gasteiger partial charge in [0.05, 0.1) is 16.8 Å². The highest BCUT2D eigenvalue weighted by molar-refractivity contribution is 7.17. The minimum atomic E-state index is -0.398. The first kappa shape index (κ1) is 22.6. The SMILES string of the molecule is CCOC(=O)Cn1c(=NC(=O)c2ccc(Oc3ccccc3)cc2)sc2c3ccccc3ccc21. The number of carbonyl (C=O) groups is 2. The Labute approximate surface area is 205 Å². The normalized spacial score (nSPS) is 11.6. The van der Waals surface area contributed by atoms with Gasteiger partial charge in [0.1, 0.15) is 18.0 Å². The molecule has 0 spiro atoms. The maximum absolute atomic E-state index is 13.1. The topological polar surface area (TPSA) is 69.9 Å². The van der Waals surface area contributed by atoms with Crippen LogP contribution in [0.1, 0.15) is 17.3 Å². The first-order chi connectivity index (χ1) is 17.1. The number of fused-ring (bicyclic) bond motifs is 3. The monoisotopic (exact) mass is 482 g/mol. The predicted octanol–water partition coefficient (Wildman–Crippen LogP) is 5.95. The second-order valence-corrected chi connectivity index (χ2v) is 8.74. The predicted molar refractivity (Wildman–Crippen MR) is 137 cm³/mol. The lowest BCUT2D eigenvalue weighted by atomic mass is 10.1. The van der Waals surface area contributed by atoms with Crippen molar-refractivity contribution in [1.82, 2.24) is 4.57 Å². The van der Waals surface area contributed by atoms with Gasteiger partial charge in [-0.15, -0.1) is 0 Å². The molecule has 0 aliphatic heterocycles. The number of hydrogen-bond acceptors (Lipinski definition) is 5. The first-order valence-corrected chi connectivity index (χ1v) is 12.0. The van der Waals surface area contributed by atoms with Crippen molar-refractivity contribution in [3.8, 4) is 11.5 Å². The standard InChI is InChI=1S/C28H22N2O4S/c1-2-33-25(31)18-30-24-17-14-19-8-6-7-11-23(19)26(24)35-28(30)29-27(32)20-12-15-22(16-13-20)34-21-9-4-3-5-10-21/h3-17H,2,18H2,1H3. The highest BCUT2D eigenvalue weighted by Gasteiger charge is 2.15. The summed E-state index contributed by atoms with van der Waals surface area (Å²) >= 11 is 1.38. The number of amides is 1. The largest absolute Gasteiger partial charge is 0.465 e. The van der Waals surface area contributed by atoms with E-state index in [4.69, 9.17) is 9.47 Å². The third-order valence-electron chi connectivity index (χ3n) is 5.44. The highest BCUT2D eigenvalue weighted by Crippen LogP contribution is 2.28. The van der Waals surface area contributed by atoms with Gasteiger partial charge in [-0.25, -0.2) is 0 Å². The van der Waals surface area contributed by atoms with Gasteiger partial charge < -0.3 is 14.0 Å². The van der Waals surface area contributed by atoms with Crippen LogP contribution in [0.15, 0.2) is 96.0 Å². The van der Waals surface area contributed by atoms with Gasteiger partial charge in [-0.3, -0.25) is 9.59 Å². The Balaban J connectivity index is 1.52. The number of aromatic nitrogens is 1. The van der Waals surface area contributed by atoms with Gasteiger partial charge in [-0.2, -0.15) is 4.99 Å². The summed E-state index contributed by atoms with van der Waals surface area (Å²) in [4.78, 5) is 30.2. The second-order valence-electron chi connectivity index (χ2n) is 7.77. The van der Waals surface area contributed by atoms with Crippen molar-refractivity contribution in [3.05, 3.63) is 101 Å². The smallest absolute Gasteiger partial charge is 0.326 e. The lowest BCUT2D eigenvalue weighted by molar-refractivity contribution is -0.143. The zero-order valence-electron chi connectivity index (χ0n) is 19.0. The molecule has 174 valence electrons. The fourth-order valence-electron chi connectivity index (χ4n) is 3.81. The molecule has 35 heavy (non-hydrogen) atoms. The summed E-state index contributed by atoms with van der Waals surface area (Å²) in [5.41, 5.74) is 1.26. The molecular formula is C28H22N2O4S. The third-order valence-corrected chi connectivity index (χ3v) is 6.57. The summed E-state index contributed by atoms with van der Waals surface area (Å²) < 4.78 is 13.7. The van der Waals surface area contributed by atoms with E-state index in [1.807, 2.05) is 66.7 Å². The summed E-state index contributed by atoms with van der Waals surface area (Å²) in [6, 6.07) is 28.2. The summed E-state index contributed by atoms with van der Waals surface area (Å²) in [6.07, 6.45) is 0. The van der Waals surface area contributed by atoms with Crippen molar-refractivity contribution in [1.29, 1.82) is 0 Å². The van der Waals surface area contributed by atoms with Crippen molar-refractivity contribution >= 4 is 44.2 Å². The van der Waals surface area contributed by atoms with E-state index in [0.717, 1.165) is 21.0 Å². The molecule has 0 aliphatic carbocycles. The van der Waals surface area contributed by atoms with Crippen LogP contribution in [0.4, 0.5) is 0 Å². The number of ether oxygens (including phenoxy) is 2. The number of para-hydroxylation sites is 1. The number of esters is 1. The molecule has 7 heteroatoms. The fourth-order valence-corrected chi connectivity index (χ4v) is 4.98. The molecule has 6 nitrogen and oxygen atoms in total. The molecule has 1 aromatic heterocycles. The highest BCUT2D eigenvalue weighted by atomic mass is 32.1. The van der Waals surface area contributed by atoms with E-state index in [9.17, 15) is 9.59 Å². The lowest BCUT2D eigenvalue weighted by Gasteiger charge is -2.06. The van der Waals surface area contributed by atoms with Crippen LogP contribution in [0.5, 0.6) is 11.5 Å². The summed E-state index contributed by atoms with van der Waals surface area (Å²) in [5, 5.41) is 2.13. The quantitative estimate of drug-likeness (QED) is 0.280. The zero-order chi connectivity index (χ0) is 24.2. The van der Waals surface area contributed by atoms with E-state index in [1.54, 1.807) is 35.8 Å². The summed E-state index contributed by atoms with van der Waals surface area (Å²) in [6.45, 7) is 2.02. The Bertz CT molecular complexity index is 1580. The molecule has 0 saturated carbocycles. The minimum Gasteiger partial charge on any atom is -0.465 e. The molecule has 0 N–H and O–H groups in total. The van der Waals surface area contributed by atoms with Crippen molar-refractivity contribution in [3.63, 3.8) is 0 Å². The number of benzene rings is 4. The van der Waals surface area contributed by atoms with Crippen LogP contribution in [0, 0.1) is 0 Å². The first-order valence-electron chi connectivity index (χ1n) is 11.2. The van der Waals surface area contributed by atoms with Crippen molar-refractivity contribution in [2.75, 3.05) is 6.61 Å². The summed E-state index contributed by atoms with van der Waals surface area (Å²) in [5.74, 6) is 0.564. The zero-order valence-corrected chi connectivity index (χ0v) is 19.8. The molecule has 0 unspecified atom stereocenters. The molecule has 5 rings (SSSR count). The molecule has 0 atom stereocenters. The van der Waals surface area contributed by atoms with Gasteiger partial charge in [0, 0.05) is 10.9 Å². The Morgan fingerprint density at radius 3 is 2.34 bits per heavy atom. The van der Waals surface area contributed by atoms with Gasteiger partial charge in [0.15, 0.2) is 4.80 Å². The molecule has 5 aromatic rings. The van der Waals surface area contributed by atoms with E-state index in [1.165, 1.54) is 11.3 Å². The van der Waals surface area contributed by atoms with Crippen LogP contribution >= 0.6 is 11.3 Å². The molecular weight excluding hydrogens is 460 g/mol. The minimum absolute atomic E-state index is 0.0256. The van der Waals surface area contributed by atoms with Crippen molar-refractivity contribution in [2.24, 2.45) is 4.99 Å². The second kappa shape index (κ2) is 9.95. The molecule has 0 radical (unpaired) electrons. The molecule has 4 aromatic carbocycles. The molecule has 0 saturated heterocycles. The Kier molecular flexibility index (Phi) is 6.41. The van der Waals surface area contributed by atoms with Gasteiger partial charge in [-0.05, 0) is 54.8 Å². The maximum atomic E-state index is 13.1. The van der Waals surface area contributed by atoms with Gasteiger partial charge in [0.2, 0.25) is 0 Å². The molecule has 0 fully saturated rings. The molecule has 1 heterocycles. The van der Waals surface area contributed by atoms with E-state index in [0.29, 0.717) is 21.9 Å².